The Hall–Kier alpha value is -4.26. The summed E-state index contributed by atoms with van der Waals surface area (Å²) in [6.07, 6.45) is 4.86. The predicted molar refractivity (Wildman–Crippen MR) is 168 cm³/mol. The molecule has 5 heterocycles. The number of rotatable bonds is 7. The molecule has 0 bridgehead atoms. The maximum absolute atomic E-state index is 13.3. The Morgan fingerprint density at radius 2 is 1.86 bits per heavy atom. The third-order valence-electron chi connectivity index (χ3n) is 7.47. The Bertz CT molecular complexity index is 1970. The minimum atomic E-state index is -0.105. The molecule has 7 rings (SSSR count). The van der Waals surface area contributed by atoms with Gasteiger partial charge in [0.15, 0.2) is 11.0 Å². The molecule has 4 aromatic heterocycles. The normalized spacial score (nSPS) is 14.0. The maximum Gasteiger partial charge on any atom is 0.326 e. The van der Waals surface area contributed by atoms with E-state index in [4.69, 9.17) is 11.6 Å². The van der Waals surface area contributed by atoms with Crippen molar-refractivity contribution in [2.75, 3.05) is 13.1 Å². The lowest BCUT2D eigenvalue weighted by atomic mass is 10.0. The van der Waals surface area contributed by atoms with Crippen molar-refractivity contribution in [1.29, 1.82) is 0 Å². The van der Waals surface area contributed by atoms with E-state index in [1.54, 1.807) is 12.4 Å². The number of benzene rings is 2. The molecular weight excluding hydrogens is 604 g/mol. The molecule has 1 saturated heterocycles. The number of piperidine rings is 1. The fraction of sp³-hybridized carbons (Fsp3) is 0.200. The van der Waals surface area contributed by atoms with E-state index in [1.165, 1.54) is 23.1 Å². The number of halogens is 1. The molecule has 216 valence electrons. The number of nitrogens with zero attached hydrogens (tertiary/aromatic N) is 7. The second-order valence-corrected chi connectivity index (χ2v) is 12.4. The number of likely N-dealkylation sites (tertiary alicyclic amines) is 1. The van der Waals surface area contributed by atoms with Crippen LogP contribution in [0.4, 0.5) is 0 Å². The lowest BCUT2D eigenvalue weighted by Gasteiger charge is -2.32. The van der Waals surface area contributed by atoms with Crippen molar-refractivity contribution in [3.8, 4) is 17.1 Å². The summed E-state index contributed by atoms with van der Waals surface area (Å²) in [6.45, 7) is 1.13. The number of amides is 1. The number of carbonyl (C=O) groups is 1. The van der Waals surface area contributed by atoms with Gasteiger partial charge in [-0.25, -0.2) is 9.78 Å². The van der Waals surface area contributed by atoms with Crippen LogP contribution in [0.15, 0.2) is 88.4 Å². The minimum absolute atomic E-state index is 0.0454. The molecule has 0 atom stereocenters. The van der Waals surface area contributed by atoms with Gasteiger partial charge >= 0.3 is 5.69 Å². The highest BCUT2D eigenvalue weighted by Gasteiger charge is 2.28. The first-order valence-electron chi connectivity index (χ1n) is 13.7. The smallest absolute Gasteiger partial charge is 0.326 e. The standard InChI is InChI=1S/C30H25ClN8O2S2/c31-20-4-3-5-22(16-20)39-27(19-8-12-32-13-9-19)35-36-30(39)43-18-26-33-24(17-42-26)28(40)37-14-10-21(11-15-37)38-25-7-2-1-6-23(25)34-29(38)41/h1-9,12-13,16-17,21H,10-11,14-15,18H2,(H,34,41). The number of nitrogens with one attached hydrogen (secondary N) is 1. The summed E-state index contributed by atoms with van der Waals surface area (Å²) in [7, 11) is 0. The third kappa shape index (κ3) is 5.49. The summed E-state index contributed by atoms with van der Waals surface area (Å²) >= 11 is 9.26. The van der Waals surface area contributed by atoms with E-state index in [9.17, 15) is 9.59 Å². The van der Waals surface area contributed by atoms with Crippen molar-refractivity contribution in [2.45, 2.75) is 29.8 Å². The minimum Gasteiger partial charge on any atom is -0.337 e. The van der Waals surface area contributed by atoms with Crippen molar-refractivity contribution in [2.24, 2.45) is 0 Å². The van der Waals surface area contributed by atoms with Gasteiger partial charge in [0.1, 0.15) is 10.7 Å². The number of thioether (sulfide) groups is 1. The molecule has 0 unspecified atom stereocenters. The van der Waals surface area contributed by atoms with Crippen molar-refractivity contribution in [1.82, 2.24) is 39.2 Å². The van der Waals surface area contributed by atoms with Crippen LogP contribution < -0.4 is 5.69 Å². The van der Waals surface area contributed by atoms with E-state index in [0.717, 1.165) is 27.3 Å². The van der Waals surface area contributed by atoms with Crippen LogP contribution in [0.1, 0.15) is 34.4 Å². The monoisotopic (exact) mass is 628 g/mol. The molecule has 43 heavy (non-hydrogen) atoms. The van der Waals surface area contributed by atoms with Gasteiger partial charge in [0.05, 0.1) is 22.5 Å². The van der Waals surface area contributed by atoms with Crippen LogP contribution in [-0.4, -0.2) is 58.2 Å². The van der Waals surface area contributed by atoms with E-state index in [1.807, 2.05) is 80.1 Å². The van der Waals surface area contributed by atoms with Crippen LogP contribution in [0.2, 0.25) is 5.02 Å². The van der Waals surface area contributed by atoms with Crippen LogP contribution in [0.5, 0.6) is 0 Å². The first kappa shape index (κ1) is 27.6. The van der Waals surface area contributed by atoms with Gasteiger partial charge in [-0.3, -0.25) is 18.9 Å². The number of H-pyrrole nitrogens is 1. The number of hydrogen-bond acceptors (Lipinski definition) is 8. The maximum atomic E-state index is 13.3. The Labute approximate surface area is 259 Å². The van der Waals surface area contributed by atoms with Crippen LogP contribution in [-0.2, 0) is 5.75 Å². The fourth-order valence-electron chi connectivity index (χ4n) is 5.43. The third-order valence-corrected chi connectivity index (χ3v) is 9.68. The summed E-state index contributed by atoms with van der Waals surface area (Å²) < 4.78 is 3.80. The zero-order valence-electron chi connectivity index (χ0n) is 22.8. The molecule has 0 aliphatic carbocycles. The van der Waals surface area contributed by atoms with Crippen LogP contribution in [0, 0.1) is 0 Å². The molecule has 13 heteroatoms. The van der Waals surface area contributed by atoms with Gasteiger partial charge in [-0.05, 0) is 55.3 Å². The number of fused-ring (bicyclic) bond motifs is 1. The van der Waals surface area contributed by atoms with Gasteiger partial charge in [0.2, 0.25) is 0 Å². The Kier molecular flexibility index (Phi) is 7.56. The summed E-state index contributed by atoms with van der Waals surface area (Å²) in [5.41, 5.74) is 3.80. The number of para-hydroxylation sites is 2. The topological polar surface area (TPSA) is 115 Å². The average Bonchev–Trinajstić information content (AvgIpc) is 3.77. The first-order valence-corrected chi connectivity index (χ1v) is 16.0. The Balaban J connectivity index is 1.04. The molecule has 1 aliphatic rings. The molecule has 1 fully saturated rings. The first-order chi connectivity index (χ1) is 21.0. The summed E-state index contributed by atoms with van der Waals surface area (Å²) in [6, 6.07) is 19.1. The summed E-state index contributed by atoms with van der Waals surface area (Å²) in [5, 5.41) is 12.9. The highest BCUT2D eigenvalue weighted by atomic mass is 35.5. The number of aromatic nitrogens is 7. The van der Waals surface area contributed by atoms with E-state index >= 15 is 0 Å². The second-order valence-electron chi connectivity index (χ2n) is 10.1. The van der Waals surface area contributed by atoms with Gasteiger partial charge in [-0.15, -0.1) is 21.5 Å². The lowest BCUT2D eigenvalue weighted by Crippen LogP contribution is -2.40. The average molecular weight is 629 g/mol. The second kappa shape index (κ2) is 11.8. The van der Waals surface area contributed by atoms with Crippen molar-refractivity contribution in [3.63, 3.8) is 0 Å². The molecule has 0 saturated carbocycles. The fourth-order valence-corrected chi connectivity index (χ4v) is 7.35. The van der Waals surface area contributed by atoms with Crippen molar-refractivity contribution >= 4 is 51.6 Å². The van der Waals surface area contributed by atoms with Gasteiger partial charge in [0, 0.05) is 47.5 Å². The van der Waals surface area contributed by atoms with Crippen molar-refractivity contribution < 1.29 is 4.79 Å². The quantitative estimate of drug-likeness (QED) is 0.221. The highest BCUT2D eigenvalue weighted by molar-refractivity contribution is 7.98. The number of thiazole rings is 1. The molecule has 2 aromatic carbocycles. The number of aromatic amines is 1. The van der Waals surface area contributed by atoms with Crippen LogP contribution in [0.3, 0.4) is 0 Å². The SMILES string of the molecule is O=C(c1csc(CSc2nnc(-c3ccncc3)n2-c2cccc(Cl)c2)n1)N1CCC(n2c(=O)[nH]c3ccccc32)CC1. The summed E-state index contributed by atoms with van der Waals surface area (Å²) in [5.74, 6) is 1.12. The molecule has 1 amide bonds. The molecular formula is C30H25ClN8O2S2. The zero-order chi connectivity index (χ0) is 29.3. The van der Waals surface area contributed by atoms with E-state index in [-0.39, 0.29) is 17.6 Å². The number of imidazole rings is 1. The number of pyridine rings is 1. The molecule has 1 N–H and O–H groups in total. The van der Waals surface area contributed by atoms with Gasteiger partial charge in [-0.2, -0.15) is 0 Å². The highest BCUT2D eigenvalue weighted by Crippen LogP contribution is 2.32. The number of carbonyl (C=O) groups excluding carboxylic acids is 1. The van der Waals surface area contributed by atoms with Gasteiger partial charge in [0.25, 0.3) is 5.91 Å². The summed E-state index contributed by atoms with van der Waals surface area (Å²) in [4.78, 5) is 39.5. The van der Waals surface area contributed by atoms with Gasteiger partial charge in [-0.1, -0.05) is 41.6 Å². The largest absolute Gasteiger partial charge is 0.337 e. The Morgan fingerprint density at radius 3 is 2.67 bits per heavy atom. The molecule has 6 aromatic rings. The molecule has 0 spiro atoms. The number of hydrogen-bond donors (Lipinski definition) is 1. The Morgan fingerprint density at radius 1 is 1.05 bits per heavy atom. The van der Waals surface area contributed by atoms with E-state index in [2.05, 4.69) is 25.1 Å². The molecule has 10 nitrogen and oxygen atoms in total. The predicted octanol–water partition coefficient (Wildman–Crippen LogP) is 5.85. The van der Waals surface area contributed by atoms with Crippen LogP contribution >= 0.6 is 34.7 Å². The van der Waals surface area contributed by atoms with Gasteiger partial charge < -0.3 is 9.88 Å². The zero-order valence-corrected chi connectivity index (χ0v) is 25.1. The van der Waals surface area contributed by atoms with E-state index < -0.39 is 0 Å². The van der Waals surface area contributed by atoms with Crippen LogP contribution in [0.25, 0.3) is 28.1 Å². The van der Waals surface area contributed by atoms with E-state index in [0.29, 0.717) is 53.4 Å². The lowest BCUT2D eigenvalue weighted by molar-refractivity contribution is 0.0689. The molecule has 0 radical (unpaired) electrons. The van der Waals surface area contributed by atoms with Crippen molar-refractivity contribution in [3.05, 3.63) is 105 Å². The molecule has 1 aliphatic heterocycles.